The highest BCUT2D eigenvalue weighted by Crippen LogP contribution is 2.29. The van der Waals surface area contributed by atoms with Crippen molar-refractivity contribution in [3.63, 3.8) is 0 Å². The number of amides is 2. The van der Waals surface area contributed by atoms with Gasteiger partial charge in [-0.25, -0.2) is 14.4 Å². The summed E-state index contributed by atoms with van der Waals surface area (Å²) in [7, 11) is 0. The summed E-state index contributed by atoms with van der Waals surface area (Å²) in [6.07, 6.45) is 0. The van der Waals surface area contributed by atoms with E-state index in [2.05, 4.69) is 15.3 Å². The van der Waals surface area contributed by atoms with Crippen LogP contribution in [0.25, 0.3) is 11.4 Å². The second kappa shape index (κ2) is 9.39. The van der Waals surface area contributed by atoms with Crippen molar-refractivity contribution >= 4 is 29.2 Å². The molecule has 1 aromatic heterocycles. The van der Waals surface area contributed by atoms with E-state index in [0.717, 1.165) is 6.07 Å². The lowest BCUT2D eigenvalue weighted by molar-refractivity contribution is -0.119. The summed E-state index contributed by atoms with van der Waals surface area (Å²) in [5.41, 5.74) is 11.6. The van der Waals surface area contributed by atoms with Gasteiger partial charge in [-0.15, -0.1) is 0 Å². The van der Waals surface area contributed by atoms with E-state index in [1.165, 1.54) is 18.2 Å². The molecule has 11 heteroatoms. The Morgan fingerprint density at radius 3 is 2.55 bits per heavy atom. The van der Waals surface area contributed by atoms with Crippen LogP contribution in [0.4, 0.5) is 10.2 Å². The smallest absolute Gasteiger partial charge is 0.267 e. The molecule has 1 aliphatic heterocycles. The molecule has 2 amide bonds. The van der Waals surface area contributed by atoms with Crippen molar-refractivity contribution in [2.45, 2.75) is 6.04 Å². The van der Waals surface area contributed by atoms with E-state index in [1.54, 1.807) is 29.2 Å². The maximum Gasteiger partial charge on any atom is 0.267 e. The van der Waals surface area contributed by atoms with Crippen LogP contribution in [0.15, 0.2) is 48.5 Å². The van der Waals surface area contributed by atoms with Gasteiger partial charge < -0.3 is 26.4 Å². The fraction of sp³-hybridized carbons (Fsp3) is 0.182. The first-order valence-corrected chi connectivity index (χ1v) is 10.4. The van der Waals surface area contributed by atoms with Crippen LogP contribution in [0.3, 0.4) is 0 Å². The van der Waals surface area contributed by atoms with Gasteiger partial charge >= 0.3 is 0 Å². The van der Waals surface area contributed by atoms with Crippen LogP contribution < -0.4 is 26.4 Å². The van der Waals surface area contributed by atoms with Gasteiger partial charge in [0.2, 0.25) is 5.91 Å². The number of benzene rings is 2. The van der Waals surface area contributed by atoms with Gasteiger partial charge in [0.25, 0.3) is 5.91 Å². The van der Waals surface area contributed by atoms with Crippen LogP contribution in [-0.2, 0) is 4.79 Å². The topological polar surface area (TPSA) is 136 Å². The number of ether oxygens (including phenoxy) is 1. The van der Waals surface area contributed by atoms with Crippen molar-refractivity contribution in [2.75, 3.05) is 24.5 Å². The second-order valence-corrected chi connectivity index (χ2v) is 7.75. The average molecular weight is 471 g/mol. The molecule has 0 spiro atoms. The molecule has 2 heterocycles. The Bertz CT molecular complexity index is 1210. The molecule has 1 fully saturated rings. The summed E-state index contributed by atoms with van der Waals surface area (Å²) in [4.78, 5) is 34.3. The summed E-state index contributed by atoms with van der Waals surface area (Å²) in [5, 5.41) is 3.37. The van der Waals surface area contributed by atoms with Gasteiger partial charge in [-0.2, -0.15) is 0 Å². The molecule has 9 nitrogen and oxygen atoms in total. The molecule has 5 N–H and O–H groups in total. The highest BCUT2D eigenvalue weighted by molar-refractivity contribution is 6.30. The van der Waals surface area contributed by atoms with Crippen LogP contribution in [-0.4, -0.2) is 47.5 Å². The molecular formula is C22H20ClFN6O3. The summed E-state index contributed by atoms with van der Waals surface area (Å²) >= 11 is 5.76. The summed E-state index contributed by atoms with van der Waals surface area (Å²) < 4.78 is 19.6. The largest absolute Gasteiger partial charge is 0.454 e. The van der Waals surface area contributed by atoms with E-state index >= 15 is 0 Å². The molecular weight excluding hydrogens is 451 g/mol. The van der Waals surface area contributed by atoms with E-state index in [-0.39, 0.29) is 22.3 Å². The number of piperazine rings is 1. The third-order valence-electron chi connectivity index (χ3n) is 5.07. The van der Waals surface area contributed by atoms with E-state index in [1.807, 2.05) is 0 Å². The number of nitrogens with zero attached hydrogens (tertiary/aromatic N) is 3. The van der Waals surface area contributed by atoms with Crippen LogP contribution in [0.5, 0.6) is 11.5 Å². The van der Waals surface area contributed by atoms with E-state index in [4.69, 9.17) is 27.8 Å². The molecule has 0 aliphatic carbocycles. The number of carbonyl (C=O) groups excluding carboxylic acids is 2. The van der Waals surface area contributed by atoms with E-state index in [9.17, 15) is 14.0 Å². The van der Waals surface area contributed by atoms with Crippen molar-refractivity contribution < 1.29 is 18.7 Å². The zero-order valence-electron chi connectivity index (χ0n) is 17.3. The molecule has 1 saturated heterocycles. The number of halogens is 2. The minimum atomic E-state index is -0.733. The quantitative estimate of drug-likeness (QED) is 0.501. The number of aromatic nitrogens is 2. The Kier molecular flexibility index (Phi) is 6.38. The van der Waals surface area contributed by atoms with Crippen molar-refractivity contribution in [1.82, 2.24) is 15.3 Å². The number of rotatable bonds is 6. The lowest BCUT2D eigenvalue weighted by atomic mass is 10.1. The third-order valence-corrected chi connectivity index (χ3v) is 5.30. The highest BCUT2D eigenvalue weighted by atomic mass is 35.5. The minimum absolute atomic E-state index is 0.000292. The lowest BCUT2D eigenvalue weighted by Crippen LogP contribution is -2.57. The van der Waals surface area contributed by atoms with Crippen LogP contribution in [0.1, 0.15) is 10.5 Å². The predicted molar refractivity (Wildman–Crippen MR) is 121 cm³/mol. The summed E-state index contributed by atoms with van der Waals surface area (Å²) in [6, 6.07) is 11.5. The van der Waals surface area contributed by atoms with E-state index in [0.29, 0.717) is 36.8 Å². The Morgan fingerprint density at radius 1 is 1.12 bits per heavy atom. The maximum atomic E-state index is 14.0. The van der Waals surface area contributed by atoms with Crippen molar-refractivity contribution in [3.05, 3.63) is 65.1 Å². The second-order valence-electron chi connectivity index (χ2n) is 7.32. The molecule has 0 unspecified atom stereocenters. The minimum Gasteiger partial charge on any atom is -0.454 e. The average Bonchev–Trinajstić information content (AvgIpc) is 2.81. The molecule has 0 radical (unpaired) electrons. The molecule has 1 atom stereocenters. The standard InChI is InChI=1S/C22H20ClFN6O3/c23-13-3-6-18(15(24)9-13)33-14-4-1-12(2-5-14)22-28-16(20(25)31)10-19(29-22)30-8-7-27-11-17(30)21(26)32/h1-6,9-10,17,27H,7-8,11H2,(H2,25,31)(H2,26,32)/t17-/m0/s1. The van der Waals surface area contributed by atoms with Gasteiger partial charge in [-0.05, 0) is 42.5 Å². The van der Waals surface area contributed by atoms with Crippen LogP contribution in [0.2, 0.25) is 5.02 Å². The first-order valence-electron chi connectivity index (χ1n) is 10.0. The molecule has 4 rings (SSSR count). The fourth-order valence-corrected chi connectivity index (χ4v) is 3.59. The van der Waals surface area contributed by atoms with Gasteiger partial charge in [-0.3, -0.25) is 9.59 Å². The molecule has 170 valence electrons. The molecule has 0 saturated carbocycles. The van der Waals surface area contributed by atoms with Crippen LogP contribution >= 0.6 is 11.6 Å². The number of nitrogens with one attached hydrogen (secondary N) is 1. The Hall–Kier alpha value is -3.76. The zero-order chi connectivity index (χ0) is 23.5. The monoisotopic (exact) mass is 470 g/mol. The van der Waals surface area contributed by atoms with E-state index < -0.39 is 23.7 Å². The highest BCUT2D eigenvalue weighted by Gasteiger charge is 2.29. The number of carbonyl (C=O) groups is 2. The van der Waals surface area contributed by atoms with Gasteiger partial charge in [-0.1, -0.05) is 11.6 Å². The maximum absolute atomic E-state index is 14.0. The first kappa shape index (κ1) is 22.4. The van der Waals surface area contributed by atoms with Crippen LogP contribution in [0, 0.1) is 5.82 Å². The van der Waals surface area contributed by atoms with Gasteiger partial charge in [0.1, 0.15) is 23.3 Å². The Labute approximate surface area is 193 Å². The number of anilines is 1. The molecule has 0 bridgehead atoms. The molecule has 1 aliphatic rings. The molecule has 33 heavy (non-hydrogen) atoms. The first-order chi connectivity index (χ1) is 15.8. The molecule has 2 aromatic carbocycles. The summed E-state index contributed by atoms with van der Waals surface area (Å²) in [5.74, 6) is -0.841. The summed E-state index contributed by atoms with van der Waals surface area (Å²) in [6.45, 7) is 1.43. The normalized spacial score (nSPS) is 15.8. The van der Waals surface area contributed by atoms with Gasteiger partial charge in [0, 0.05) is 36.3 Å². The number of hydrogen-bond donors (Lipinski definition) is 3. The third kappa shape index (κ3) is 5.02. The van der Waals surface area contributed by atoms with Crippen molar-refractivity contribution in [1.29, 1.82) is 0 Å². The van der Waals surface area contributed by atoms with Crippen molar-refractivity contribution in [3.8, 4) is 22.9 Å². The zero-order valence-corrected chi connectivity index (χ0v) is 18.1. The Balaban J connectivity index is 1.65. The van der Waals surface area contributed by atoms with Crippen molar-refractivity contribution in [2.24, 2.45) is 11.5 Å². The Morgan fingerprint density at radius 2 is 1.88 bits per heavy atom. The molecule has 3 aromatic rings. The van der Waals surface area contributed by atoms with Gasteiger partial charge in [0.15, 0.2) is 17.4 Å². The number of primary amides is 2. The number of nitrogens with two attached hydrogens (primary N) is 2. The van der Waals surface area contributed by atoms with Gasteiger partial charge in [0.05, 0.1) is 0 Å². The predicted octanol–water partition coefficient (Wildman–Crippen LogP) is 2.09. The number of hydrogen-bond acceptors (Lipinski definition) is 7. The SMILES string of the molecule is NC(=O)c1cc(N2CCNC[C@H]2C(N)=O)nc(-c2ccc(Oc3ccc(Cl)cc3F)cc2)n1. The fourth-order valence-electron chi connectivity index (χ4n) is 3.43. The lowest BCUT2D eigenvalue weighted by Gasteiger charge is -2.35.